The molecule has 8 rings (SSSR count). The highest BCUT2D eigenvalue weighted by Gasteiger charge is 2.36. The van der Waals surface area contributed by atoms with Crippen LogP contribution in [0.3, 0.4) is 0 Å². The molecule has 0 saturated carbocycles. The molecule has 0 radical (unpaired) electrons. The minimum absolute atomic E-state index is 0.209. The highest BCUT2D eigenvalue weighted by molar-refractivity contribution is 6.04. The summed E-state index contributed by atoms with van der Waals surface area (Å²) in [5, 5.41) is 2.16. The molecule has 0 spiro atoms. The van der Waals surface area contributed by atoms with Crippen molar-refractivity contribution in [2.45, 2.75) is 19.3 Å². The van der Waals surface area contributed by atoms with E-state index in [1.807, 2.05) is 24.3 Å². The average molecular weight is 541 g/mol. The second-order valence-corrected chi connectivity index (χ2v) is 11.5. The summed E-state index contributed by atoms with van der Waals surface area (Å²) in [5.74, 6) is 1.84. The van der Waals surface area contributed by atoms with Crippen molar-refractivity contribution >= 4 is 21.8 Å². The molecular weight excluding hydrogens is 512 g/mol. The lowest BCUT2D eigenvalue weighted by Crippen LogP contribution is -2.25. The van der Waals surface area contributed by atoms with Gasteiger partial charge in [-0.25, -0.2) is 9.97 Å². The molecule has 3 heteroatoms. The molecule has 5 aromatic carbocycles. The third kappa shape index (κ3) is 3.89. The zero-order valence-electron chi connectivity index (χ0n) is 23.5. The average Bonchev–Trinajstić information content (AvgIpc) is 3.04. The van der Waals surface area contributed by atoms with Gasteiger partial charge >= 0.3 is 0 Å². The molecule has 0 aliphatic carbocycles. The Labute approximate surface area is 245 Å². The van der Waals surface area contributed by atoms with Crippen molar-refractivity contribution in [2.24, 2.45) is 0 Å². The normalized spacial score (nSPS) is 13.4. The fourth-order valence-electron chi connectivity index (χ4n) is 6.37. The molecule has 7 aromatic rings. The van der Waals surface area contributed by atoms with Crippen LogP contribution >= 0.6 is 0 Å². The highest BCUT2D eigenvalue weighted by atomic mass is 16.5. The van der Waals surface area contributed by atoms with E-state index < -0.39 is 0 Å². The second-order valence-electron chi connectivity index (χ2n) is 11.5. The molecule has 0 bridgehead atoms. The molecule has 0 saturated heterocycles. The molecule has 0 amide bonds. The van der Waals surface area contributed by atoms with Gasteiger partial charge in [0, 0.05) is 38.4 Å². The van der Waals surface area contributed by atoms with Crippen molar-refractivity contribution in [2.75, 3.05) is 0 Å². The van der Waals surface area contributed by atoms with Gasteiger partial charge in [0.15, 0.2) is 0 Å². The number of pyridine rings is 2. The van der Waals surface area contributed by atoms with Crippen molar-refractivity contribution < 1.29 is 4.74 Å². The van der Waals surface area contributed by atoms with E-state index in [0.29, 0.717) is 0 Å². The van der Waals surface area contributed by atoms with E-state index in [9.17, 15) is 0 Å². The number of rotatable bonds is 3. The first-order chi connectivity index (χ1) is 20.6. The van der Waals surface area contributed by atoms with Crippen molar-refractivity contribution in [1.29, 1.82) is 0 Å². The van der Waals surface area contributed by atoms with E-state index >= 15 is 0 Å². The van der Waals surface area contributed by atoms with E-state index in [2.05, 4.69) is 123 Å². The third-order valence-corrected chi connectivity index (χ3v) is 8.49. The zero-order chi connectivity index (χ0) is 28.3. The molecule has 1 aliphatic rings. The number of ether oxygens (including phenoxy) is 1. The number of para-hydroxylation sites is 1. The number of benzene rings is 5. The summed E-state index contributed by atoms with van der Waals surface area (Å²) in [5.41, 5.74) is 10.4. The Hall–Kier alpha value is -5.28. The monoisotopic (exact) mass is 540 g/mol. The van der Waals surface area contributed by atoms with Gasteiger partial charge in [-0.1, -0.05) is 117 Å². The summed E-state index contributed by atoms with van der Waals surface area (Å²) in [4.78, 5) is 10.3. The van der Waals surface area contributed by atoms with Crippen LogP contribution in [-0.2, 0) is 5.41 Å². The quantitative estimate of drug-likeness (QED) is 0.209. The Morgan fingerprint density at radius 3 is 1.83 bits per heavy atom. The minimum Gasteiger partial charge on any atom is -0.457 e. The Bertz CT molecular complexity index is 2150. The fraction of sp³-hybridized carbons (Fsp3) is 0.0769. The summed E-state index contributed by atoms with van der Waals surface area (Å²) in [7, 11) is 0. The van der Waals surface area contributed by atoms with Gasteiger partial charge in [0.2, 0.25) is 0 Å². The lowest BCUT2D eigenvalue weighted by atomic mass is 9.73. The topological polar surface area (TPSA) is 35.0 Å². The smallest absolute Gasteiger partial charge is 0.132 e. The number of hydrogen-bond acceptors (Lipinski definition) is 3. The first kappa shape index (κ1) is 24.5. The fourth-order valence-corrected chi connectivity index (χ4v) is 6.37. The molecule has 42 heavy (non-hydrogen) atoms. The zero-order valence-corrected chi connectivity index (χ0v) is 23.5. The summed E-state index contributed by atoms with van der Waals surface area (Å²) in [6.07, 6.45) is 0. The number of fused-ring (bicyclic) bond motifs is 5. The van der Waals surface area contributed by atoms with E-state index in [0.717, 1.165) is 61.4 Å². The van der Waals surface area contributed by atoms with E-state index in [1.54, 1.807) is 0 Å². The van der Waals surface area contributed by atoms with E-state index in [-0.39, 0.29) is 5.41 Å². The standard InChI is InChI=1S/C39H28N2O/c1-39(2)31-15-6-7-16-34(31)42-35-17-9-14-30(36(35)39)28-12-8-13-29(24-28)33-23-21-27-19-18-26-20-22-32(25-10-4-3-5-11-25)40-37(26)38(27)41-33/h3-24H,1-2H3. The van der Waals surface area contributed by atoms with Gasteiger partial charge < -0.3 is 4.74 Å². The maximum Gasteiger partial charge on any atom is 0.132 e. The summed E-state index contributed by atoms with van der Waals surface area (Å²) in [6.45, 7) is 4.57. The van der Waals surface area contributed by atoms with Gasteiger partial charge in [-0.15, -0.1) is 0 Å². The first-order valence-corrected chi connectivity index (χ1v) is 14.3. The number of aromatic nitrogens is 2. The van der Waals surface area contributed by atoms with Crippen molar-refractivity contribution in [1.82, 2.24) is 9.97 Å². The molecule has 1 aliphatic heterocycles. The van der Waals surface area contributed by atoms with Gasteiger partial charge in [0.25, 0.3) is 0 Å². The van der Waals surface area contributed by atoms with Gasteiger partial charge in [-0.05, 0) is 41.5 Å². The predicted molar refractivity (Wildman–Crippen MR) is 172 cm³/mol. The van der Waals surface area contributed by atoms with Crippen molar-refractivity contribution in [3.05, 3.63) is 145 Å². The largest absolute Gasteiger partial charge is 0.457 e. The molecule has 0 unspecified atom stereocenters. The van der Waals surface area contributed by atoms with Gasteiger partial charge in [0.05, 0.1) is 22.4 Å². The highest BCUT2D eigenvalue weighted by Crippen LogP contribution is 2.51. The van der Waals surface area contributed by atoms with E-state index in [4.69, 9.17) is 14.7 Å². The van der Waals surface area contributed by atoms with Crippen molar-refractivity contribution in [3.8, 4) is 45.1 Å². The lowest BCUT2D eigenvalue weighted by Gasteiger charge is -2.36. The van der Waals surface area contributed by atoms with Crippen LogP contribution in [0, 0.1) is 0 Å². The summed E-state index contributed by atoms with van der Waals surface area (Å²) < 4.78 is 6.40. The van der Waals surface area contributed by atoms with Gasteiger partial charge in [0.1, 0.15) is 11.5 Å². The van der Waals surface area contributed by atoms with Crippen LogP contribution < -0.4 is 4.74 Å². The number of hydrogen-bond donors (Lipinski definition) is 0. The molecule has 3 heterocycles. The first-order valence-electron chi connectivity index (χ1n) is 14.3. The van der Waals surface area contributed by atoms with Gasteiger partial charge in [-0.3, -0.25) is 0 Å². The maximum atomic E-state index is 6.40. The van der Waals surface area contributed by atoms with Crippen LogP contribution in [0.2, 0.25) is 0 Å². The third-order valence-electron chi connectivity index (χ3n) is 8.49. The molecular formula is C39H28N2O. The maximum absolute atomic E-state index is 6.40. The molecule has 0 atom stereocenters. The van der Waals surface area contributed by atoms with Crippen LogP contribution in [0.15, 0.2) is 133 Å². The van der Waals surface area contributed by atoms with Crippen molar-refractivity contribution in [3.63, 3.8) is 0 Å². The van der Waals surface area contributed by atoms with Gasteiger partial charge in [-0.2, -0.15) is 0 Å². The Kier molecular flexibility index (Phi) is 5.48. The summed E-state index contributed by atoms with van der Waals surface area (Å²) >= 11 is 0. The summed E-state index contributed by atoms with van der Waals surface area (Å²) in [6, 6.07) is 46.4. The molecule has 200 valence electrons. The Morgan fingerprint density at radius 2 is 1.07 bits per heavy atom. The molecule has 2 aromatic heterocycles. The predicted octanol–water partition coefficient (Wildman–Crippen LogP) is 10.2. The molecule has 0 N–H and O–H groups in total. The van der Waals surface area contributed by atoms with Crippen LogP contribution in [0.1, 0.15) is 25.0 Å². The Balaban J connectivity index is 1.26. The number of nitrogens with zero attached hydrogens (tertiary/aromatic N) is 2. The molecule has 0 fully saturated rings. The minimum atomic E-state index is -0.209. The Morgan fingerprint density at radius 1 is 0.500 bits per heavy atom. The van der Waals surface area contributed by atoms with Crippen LogP contribution in [0.5, 0.6) is 11.5 Å². The van der Waals surface area contributed by atoms with E-state index in [1.165, 1.54) is 16.7 Å². The molecule has 3 nitrogen and oxygen atoms in total. The lowest BCUT2D eigenvalue weighted by molar-refractivity contribution is 0.419. The SMILES string of the molecule is CC1(C)c2ccccc2Oc2cccc(-c3cccc(-c4ccc5ccc6ccc(-c7ccccc7)nc6c5n4)c3)c21. The van der Waals surface area contributed by atoms with Crippen LogP contribution in [0.25, 0.3) is 55.4 Å². The second kappa shape index (κ2) is 9.39. The van der Waals surface area contributed by atoms with Crippen LogP contribution in [-0.4, -0.2) is 9.97 Å². The van der Waals surface area contributed by atoms with Crippen LogP contribution in [0.4, 0.5) is 0 Å².